The van der Waals surface area contributed by atoms with E-state index in [1.165, 1.54) is 4.90 Å². The summed E-state index contributed by atoms with van der Waals surface area (Å²) in [7, 11) is 6.44. The Balaban J connectivity index is 1.87. The first-order chi connectivity index (χ1) is 14.0. The topological polar surface area (TPSA) is 85.7 Å². The average molecular weight is 394 g/mol. The summed E-state index contributed by atoms with van der Waals surface area (Å²) in [4.78, 5) is 26.3. The molecule has 2 aromatic carbocycles. The number of nitrogens with zero attached hydrogens (tertiary/aromatic N) is 3. The molecule has 1 N–H and O–H groups in total. The van der Waals surface area contributed by atoms with Crippen LogP contribution in [-0.2, 0) is 16.6 Å². The molecule has 0 atom stereocenters. The minimum Gasteiger partial charge on any atom is -0.496 e. The van der Waals surface area contributed by atoms with E-state index in [9.17, 15) is 9.59 Å². The van der Waals surface area contributed by atoms with Crippen LogP contribution in [0.5, 0.6) is 11.5 Å². The summed E-state index contributed by atoms with van der Waals surface area (Å²) in [6, 6.07) is 14.0. The van der Waals surface area contributed by atoms with Crippen molar-refractivity contribution in [3.63, 3.8) is 0 Å². The molecule has 3 aromatic rings. The number of aromatic nitrogens is 2. The molecule has 8 nitrogen and oxygen atoms in total. The first kappa shape index (κ1) is 19.9. The van der Waals surface area contributed by atoms with Gasteiger partial charge >= 0.3 is 11.8 Å². The zero-order valence-corrected chi connectivity index (χ0v) is 16.7. The molecule has 0 aliphatic rings. The number of amides is 2. The smallest absolute Gasteiger partial charge is 0.316 e. The lowest BCUT2D eigenvalue weighted by Gasteiger charge is -2.17. The van der Waals surface area contributed by atoms with Gasteiger partial charge in [0.05, 0.1) is 20.4 Å². The Morgan fingerprint density at radius 3 is 2.38 bits per heavy atom. The lowest BCUT2D eigenvalue weighted by molar-refractivity contribution is -0.134. The van der Waals surface area contributed by atoms with E-state index >= 15 is 0 Å². The number of carbonyl (C=O) groups excluding carboxylic acids is 2. The Morgan fingerprint density at radius 2 is 1.72 bits per heavy atom. The predicted octanol–water partition coefficient (Wildman–Crippen LogP) is 2.71. The molecule has 2 amide bonds. The molecule has 29 heavy (non-hydrogen) atoms. The van der Waals surface area contributed by atoms with Crippen molar-refractivity contribution < 1.29 is 19.1 Å². The number of benzene rings is 2. The molecule has 0 aliphatic heterocycles. The minimum atomic E-state index is -0.746. The second-order valence-electron chi connectivity index (χ2n) is 6.25. The molecule has 0 spiro atoms. The minimum absolute atomic E-state index is 0.448. The molecule has 0 unspecified atom stereocenters. The Bertz CT molecular complexity index is 1030. The Morgan fingerprint density at radius 1 is 1.03 bits per heavy atom. The van der Waals surface area contributed by atoms with Crippen molar-refractivity contribution >= 4 is 23.2 Å². The maximum absolute atomic E-state index is 12.5. The third-order valence-corrected chi connectivity index (χ3v) is 4.48. The number of hydrogen-bond donors (Lipinski definition) is 1. The van der Waals surface area contributed by atoms with E-state index in [4.69, 9.17) is 9.47 Å². The summed E-state index contributed by atoms with van der Waals surface area (Å²) in [5.41, 5.74) is 2.44. The van der Waals surface area contributed by atoms with Gasteiger partial charge in [0.2, 0.25) is 0 Å². The average Bonchev–Trinajstić information content (AvgIpc) is 3.13. The third kappa shape index (κ3) is 4.06. The van der Waals surface area contributed by atoms with Gasteiger partial charge in [0, 0.05) is 31.0 Å². The van der Waals surface area contributed by atoms with E-state index < -0.39 is 11.8 Å². The zero-order valence-electron chi connectivity index (χ0n) is 16.7. The van der Waals surface area contributed by atoms with Gasteiger partial charge in [-0.15, -0.1) is 0 Å². The van der Waals surface area contributed by atoms with Gasteiger partial charge in [0.25, 0.3) is 0 Å². The Hall–Kier alpha value is -3.81. The SMILES string of the molecule is COc1ccc(NC(=O)C(=O)N(C)c2ccccc2)cc1-c1c(OC)cnn1C. The van der Waals surface area contributed by atoms with Crippen LogP contribution in [0.2, 0.25) is 0 Å². The van der Waals surface area contributed by atoms with Crippen molar-refractivity contribution in [2.45, 2.75) is 0 Å². The Kier molecular flexibility index (Phi) is 5.82. The summed E-state index contributed by atoms with van der Waals surface area (Å²) in [6.07, 6.45) is 1.60. The molecule has 0 fully saturated rings. The van der Waals surface area contributed by atoms with Gasteiger partial charge in [0.1, 0.15) is 11.4 Å². The molecule has 0 radical (unpaired) electrons. The molecule has 1 aromatic heterocycles. The van der Waals surface area contributed by atoms with E-state index in [0.29, 0.717) is 34.1 Å². The fourth-order valence-corrected chi connectivity index (χ4v) is 2.95. The highest BCUT2D eigenvalue weighted by Gasteiger charge is 2.22. The summed E-state index contributed by atoms with van der Waals surface area (Å²) in [5, 5.41) is 6.85. The van der Waals surface area contributed by atoms with Crippen LogP contribution < -0.4 is 19.7 Å². The fourth-order valence-electron chi connectivity index (χ4n) is 2.95. The van der Waals surface area contributed by atoms with Gasteiger partial charge in [-0.25, -0.2) is 0 Å². The largest absolute Gasteiger partial charge is 0.496 e. The van der Waals surface area contributed by atoms with E-state index in [2.05, 4.69) is 10.4 Å². The van der Waals surface area contributed by atoms with Crippen molar-refractivity contribution in [3.8, 4) is 22.8 Å². The lowest BCUT2D eigenvalue weighted by Crippen LogP contribution is -2.37. The second-order valence-corrected chi connectivity index (χ2v) is 6.25. The van der Waals surface area contributed by atoms with Gasteiger partial charge in [-0.2, -0.15) is 5.10 Å². The monoisotopic (exact) mass is 394 g/mol. The highest BCUT2D eigenvalue weighted by molar-refractivity contribution is 6.44. The van der Waals surface area contributed by atoms with Crippen molar-refractivity contribution in [3.05, 3.63) is 54.7 Å². The number of para-hydroxylation sites is 1. The van der Waals surface area contributed by atoms with Crippen LogP contribution in [0.1, 0.15) is 0 Å². The van der Waals surface area contributed by atoms with Gasteiger partial charge in [0.15, 0.2) is 5.75 Å². The van der Waals surface area contributed by atoms with Crippen LogP contribution in [0.15, 0.2) is 54.7 Å². The number of aryl methyl sites for hydroxylation is 1. The number of carbonyl (C=O) groups is 2. The highest BCUT2D eigenvalue weighted by Crippen LogP contribution is 2.37. The normalized spacial score (nSPS) is 10.3. The molecule has 0 saturated carbocycles. The van der Waals surface area contributed by atoms with Crippen molar-refractivity contribution in [2.75, 3.05) is 31.5 Å². The number of ether oxygens (including phenoxy) is 2. The van der Waals surface area contributed by atoms with Crippen LogP contribution in [0.25, 0.3) is 11.3 Å². The van der Waals surface area contributed by atoms with E-state index in [0.717, 1.165) is 0 Å². The number of hydrogen-bond acceptors (Lipinski definition) is 5. The molecule has 0 aliphatic carbocycles. The predicted molar refractivity (Wildman–Crippen MR) is 110 cm³/mol. The summed E-state index contributed by atoms with van der Waals surface area (Å²) in [6.45, 7) is 0. The number of anilines is 2. The Labute approximate surface area is 168 Å². The highest BCUT2D eigenvalue weighted by atomic mass is 16.5. The molecule has 8 heteroatoms. The van der Waals surface area contributed by atoms with Crippen LogP contribution in [-0.4, -0.2) is 42.9 Å². The first-order valence-corrected chi connectivity index (χ1v) is 8.84. The molecule has 150 valence electrons. The lowest BCUT2D eigenvalue weighted by atomic mass is 10.1. The molecular weight excluding hydrogens is 372 g/mol. The van der Waals surface area contributed by atoms with E-state index in [-0.39, 0.29) is 0 Å². The molecule has 0 bridgehead atoms. The van der Waals surface area contributed by atoms with Gasteiger partial charge in [-0.3, -0.25) is 14.3 Å². The quantitative estimate of drug-likeness (QED) is 0.673. The number of methoxy groups -OCH3 is 2. The van der Waals surface area contributed by atoms with Gasteiger partial charge in [-0.1, -0.05) is 18.2 Å². The molecule has 3 rings (SSSR count). The van der Waals surface area contributed by atoms with E-state index in [1.807, 2.05) is 6.07 Å². The van der Waals surface area contributed by atoms with Crippen molar-refractivity contribution in [1.29, 1.82) is 0 Å². The number of rotatable bonds is 5. The van der Waals surface area contributed by atoms with Crippen LogP contribution in [0.4, 0.5) is 11.4 Å². The fraction of sp³-hybridized carbons (Fsp3) is 0.190. The maximum Gasteiger partial charge on any atom is 0.316 e. The summed E-state index contributed by atoms with van der Waals surface area (Å²) in [5.74, 6) is -0.275. The summed E-state index contributed by atoms with van der Waals surface area (Å²) < 4.78 is 12.5. The first-order valence-electron chi connectivity index (χ1n) is 8.84. The van der Waals surface area contributed by atoms with Gasteiger partial charge < -0.3 is 19.7 Å². The van der Waals surface area contributed by atoms with Gasteiger partial charge in [-0.05, 0) is 30.3 Å². The molecular formula is C21H22N4O4. The van der Waals surface area contributed by atoms with Crippen LogP contribution >= 0.6 is 0 Å². The van der Waals surface area contributed by atoms with Crippen LogP contribution in [0, 0.1) is 0 Å². The number of nitrogens with one attached hydrogen (secondary N) is 1. The number of likely N-dealkylation sites (N-methyl/N-ethyl adjacent to an activating group) is 1. The molecule has 0 saturated heterocycles. The van der Waals surface area contributed by atoms with Crippen LogP contribution in [0.3, 0.4) is 0 Å². The van der Waals surface area contributed by atoms with E-state index in [1.54, 1.807) is 81.7 Å². The maximum atomic E-state index is 12.5. The summed E-state index contributed by atoms with van der Waals surface area (Å²) >= 11 is 0. The third-order valence-electron chi connectivity index (χ3n) is 4.48. The molecule has 1 heterocycles. The standard InChI is InChI=1S/C21H22N4O4/c1-24(15-8-6-5-7-9-15)21(27)20(26)23-14-10-11-17(28-3)16(12-14)19-18(29-4)13-22-25(19)2/h5-13H,1-4H3,(H,23,26). The van der Waals surface area contributed by atoms with Crippen molar-refractivity contribution in [1.82, 2.24) is 9.78 Å². The van der Waals surface area contributed by atoms with Crippen molar-refractivity contribution in [2.24, 2.45) is 7.05 Å². The second kappa shape index (κ2) is 8.47. The zero-order chi connectivity index (χ0) is 21.0.